The minimum Gasteiger partial charge on any atom is -0.468 e. The van der Waals surface area contributed by atoms with E-state index in [1.165, 1.54) is 10.4 Å². The maximum Gasteiger partial charge on any atom is 0.168 e. The van der Waals surface area contributed by atoms with E-state index in [1.807, 2.05) is 22.9 Å². The van der Waals surface area contributed by atoms with Gasteiger partial charge < -0.3 is 4.42 Å². The second-order valence-electron chi connectivity index (χ2n) is 7.75. The van der Waals surface area contributed by atoms with Gasteiger partial charge in [0.1, 0.15) is 5.76 Å². The van der Waals surface area contributed by atoms with E-state index < -0.39 is 0 Å². The third kappa shape index (κ3) is 5.04. The lowest BCUT2D eigenvalue weighted by Crippen LogP contribution is -2.33. The summed E-state index contributed by atoms with van der Waals surface area (Å²) >= 11 is 1.77. The summed E-state index contributed by atoms with van der Waals surface area (Å²) < 4.78 is 7.63. The molecular weight excluding hydrogens is 394 g/mol. The molecule has 6 nitrogen and oxygen atoms in total. The molecule has 4 rings (SSSR count). The highest BCUT2D eigenvalue weighted by atomic mass is 32.1. The number of aryl methyl sites for hydroxylation is 2. The molecule has 3 aromatic heterocycles. The molecule has 3 heterocycles. The van der Waals surface area contributed by atoms with Crippen LogP contribution in [0.1, 0.15) is 41.9 Å². The van der Waals surface area contributed by atoms with Gasteiger partial charge in [0.25, 0.3) is 0 Å². The molecule has 0 saturated carbocycles. The normalized spacial score (nSPS) is 12.7. The van der Waals surface area contributed by atoms with Gasteiger partial charge in [0.2, 0.25) is 0 Å². The predicted molar refractivity (Wildman–Crippen MR) is 118 cm³/mol. The van der Waals surface area contributed by atoms with Crippen molar-refractivity contribution in [3.05, 3.63) is 88.3 Å². The van der Waals surface area contributed by atoms with Gasteiger partial charge in [-0.25, -0.2) is 4.68 Å². The van der Waals surface area contributed by atoms with Crippen LogP contribution in [0.2, 0.25) is 0 Å². The van der Waals surface area contributed by atoms with E-state index in [9.17, 15) is 0 Å². The zero-order valence-electron chi connectivity index (χ0n) is 17.4. The summed E-state index contributed by atoms with van der Waals surface area (Å²) in [6.45, 7) is 6.74. The first-order chi connectivity index (χ1) is 14.7. The highest BCUT2D eigenvalue weighted by molar-refractivity contribution is 7.09. The van der Waals surface area contributed by atoms with Crippen LogP contribution in [0.15, 0.2) is 70.7 Å². The minimum absolute atomic E-state index is 0.0722. The Bertz CT molecular complexity index is 959. The summed E-state index contributed by atoms with van der Waals surface area (Å²) in [5, 5.41) is 14.9. The fraction of sp³-hybridized carbons (Fsp3) is 0.348. The Balaban J connectivity index is 1.59. The Morgan fingerprint density at radius 1 is 1.03 bits per heavy atom. The smallest absolute Gasteiger partial charge is 0.168 e. The average molecular weight is 422 g/mol. The van der Waals surface area contributed by atoms with Crippen LogP contribution in [0, 0.1) is 5.92 Å². The SMILES string of the molecule is CC(C)[C@H](c1nnnn1CCc1ccccc1)N(Cc1ccco1)Cc1cccs1. The summed E-state index contributed by atoms with van der Waals surface area (Å²) in [5.41, 5.74) is 1.28. The van der Waals surface area contributed by atoms with Gasteiger partial charge in [0.15, 0.2) is 5.82 Å². The van der Waals surface area contributed by atoms with E-state index in [0.717, 1.165) is 31.1 Å². The molecule has 0 spiro atoms. The van der Waals surface area contributed by atoms with Crippen molar-refractivity contribution in [1.82, 2.24) is 25.1 Å². The number of rotatable bonds is 10. The molecule has 4 aromatic rings. The number of tetrazole rings is 1. The molecule has 0 amide bonds. The van der Waals surface area contributed by atoms with E-state index in [1.54, 1.807) is 17.6 Å². The van der Waals surface area contributed by atoms with Crippen LogP contribution in [0.4, 0.5) is 0 Å². The lowest BCUT2D eigenvalue weighted by molar-refractivity contribution is 0.118. The molecular formula is C23H27N5OS. The van der Waals surface area contributed by atoms with E-state index in [4.69, 9.17) is 4.42 Å². The Morgan fingerprint density at radius 2 is 1.90 bits per heavy atom. The van der Waals surface area contributed by atoms with Crippen molar-refractivity contribution < 1.29 is 4.42 Å². The minimum atomic E-state index is 0.0722. The quantitative estimate of drug-likeness (QED) is 0.362. The van der Waals surface area contributed by atoms with Crippen LogP contribution in [-0.2, 0) is 26.1 Å². The van der Waals surface area contributed by atoms with Crippen LogP contribution in [0.5, 0.6) is 0 Å². The molecule has 0 radical (unpaired) electrons. The van der Waals surface area contributed by atoms with Crippen molar-refractivity contribution in [2.24, 2.45) is 5.92 Å². The summed E-state index contributed by atoms with van der Waals surface area (Å²) in [5.74, 6) is 2.19. The number of furan rings is 1. The molecule has 0 saturated heterocycles. The van der Waals surface area contributed by atoms with Gasteiger partial charge in [-0.15, -0.1) is 16.4 Å². The number of hydrogen-bond acceptors (Lipinski definition) is 6. The fourth-order valence-corrected chi connectivity index (χ4v) is 4.53. The largest absolute Gasteiger partial charge is 0.468 e. The number of hydrogen-bond donors (Lipinski definition) is 0. The lowest BCUT2D eigenvalue weighted by atomic mass is 10.0. The molecule has 0 fully saturated rings. The third-order valence-electron chi connectivity index (χ3n) is 5.18. The van der Waals surface area contributed by atoms with Gasteiger partial charge in [-0.2, -0.15) is 0 Å². The monoisotopic (exact) mass is 421 g/mol. The second-order valence-corrected chi connectivity index (χ2v) is 8.78. The molecule has 0 aliphatic carbocycles. The number of aromatic nitrogens is 4. The highest BCUT2D eigenvalue weighted by Gasteiger charge is 2.30. The van der Waals surface area contributed by atoms with Crippen molar-refractivity contribution in [2.75, 3.05) is 0 Å². The van der Waals surface area contributed by atoms with Crippen molar-refractivity contribution >= 4 is 11.3 Å². The summed E-state index contributed by atoms with van der Waals surface area (Å²) in [4.78, 5) is 3.73. The molecule has 7 heteroatoms. The lowest BCUT2D eigenvalue weighted by Gasteiger charge is -2.32. The molecule has 0 aliphatic heterocycles. The average Bonchev–Trinajstić information content (AvgIpc) is 3.51. The molecule has 0 N–H and O–H groups in total. The number of nitrogens with zero attached hydrogens (tertiary/aromatic N) is 5. The molecule has 1 atom stereocenters. The molecule has 156 valence electrons. The van der Waals surface area contributed by atoms with Crippen molar-refractivity contribution in [2.45, 2.75) is 45.9 Å². The van der Waals surface area contributed by atoms with E-state index in [0.29, 0.717) is 12.5 Å². The van der Waals surface area contributed by atoms with Gasteiger partial charge in [-0.1, -0.05) is 50.2 Å². The van der Waals surface area contributed by atoms with Crippen LogP contribution in [0.25, 0.3) is 0 Å². The van der Waals surface area contributed by atoms with Gasteiger partial charge >= 0.3 is 0 Å². The standard InChI is InChI=1S/C23H27N5OS/c1-18(2)22(23-24-25-26-28(23)13-12-19-8-4-3-5-9-19)27(16-20-10-6-14-29-20)17-21-11-7-15-30-21/h3-11,14-15,18,22H,12-13,16-17H2,1-2H3/t22-/m1/s1. The first kappa shape index (κ1) is 20.5. The first-order valence-electron chi connectivity index (χ1n) is 10.3. The zero-order valence-corrected chi connectivity index (χ0v) is 18.2. The van der Waals surface area contributed by atoms with Crippen LogP contribution in [0.3, 0.4) is 0 Å². The van der Waals surface area contributed by atoms with Crippen molar-refractivity contribution in [3.63, 3.8) is 0 Å². The van der Waals surface area contributed by atoms with Crippen molar-refractivity contribution in [3.8, 4) is 0 Å². The van der Waals surface area contributed by atoms with E-state index >= 15 is 0 Å². The molecule has 0 aliphatic rings. The number of benzene rings is 1. The maximum absolute atomic E-state index is 5.67. The Labute approximate surface area is 181 Å². The van der Waals surface area contributed by atoms with E-state index in [2.05, 4.69) is 76.1 Å². The van der Waals surface area contributed by atoms with Gasteiger partial charge in [-0.05, 0) is 51.9 Å². The van der Waals surface area contributed by atoms with Crippen LogP contribution >= 0.6 is 11.3 Å². The zero-order chi connectivity index (χ0) is 20.8. The topological polar surface area (TPSA) is 60.0 Å². The summed E-state index contributed by atoms with van der Waals surface area (Å²) in [7, 11) is 0. The summed E-state index contributed by atoms with van der Waals surface area (Å²) in [6.07, 6.45) is 2.62. The van der Waals surface area contributed by atoms with Crippen LogP contribution in [-0.4, -0.2) is 25.1 Å². The van der Waals surface area contributed by atoms with Gasteiger partial charge in [0, 0.05) is 18.0 Å². The molecule has 0 bridgehead atoms. The first-order valence-corrected chi connectivity index (χ1v) is 11.2. The second kappa shape index (κ2) is 9.82. The molecule has 30 heavy (non-hydrogen) atoms. The highest BCUT2D eigenvalue weighted by Crippen LogP contribution is 2.31. The maximum atomic E-state index is 5.67. The fourth-order valence-electron chi connectivity index (χ4n) is 3.80. The summed E-state index contributed by atoms with van der Waals surface area (Å²) in [6, 6.07) is 18.8. The Hall–Kier alpha value is -2.77. The van der Waals surface area contributed by atoms with Gasteiger partial charge in [0.05, 0.1) is 18.8 Å². The van der Waals surface area contributed by atoms with Crippen molar-refractivity contribution in [1.29, 1.82) is 0 Å². The van der Waals surface area contributed by atoms with E-state index in [-0.39, 0.29) is 6.04 Å². The molecule has 0 unspecified atom stereocenters. The molecule has 1 aromatic carbocycles. The van der Waals surface area contributed by atoms with Crippen LogP contribution < -0.4 is 0 Å². The predicted octanol–water partition coefficient (Wildman–Crippen LogP) is 4.97. The number of thiophene rings is 1. The Kier molecular flexibility index (Phi) is 6.71. The Morgan fingerprint density at radius 3 is 2.60 bits per heavy atom. The van der Waals surface area contributed by atoms with Gasteiger partial charge in [-0.3, -0.25) is 4.90 Å². The third-order valence-corrected chi connectivity index (χ3v) is 6.04.